The minimum atomic E-state index is -0.746. The highest BCUT2D eigenvalue weighted by atomic mass is 19.1. The number of rotatable bonds is 11. The van der Waals surface area contributed by atoms with E-state index in [0.29, 0.717) is 17.5 Å². The lowest BCUT2D eigenvalue weighted by atomic mass is 10.0. The molecule has 0 aliphatic heterocycles. The number of ether oxygens (including phenoxy) is 1. The van der Waals surface area contributed by atoms with Gasteiger partial charge in [-0.3, -0.25) is 9.59 Å². The minimum Gasteiger partial charge on any atom is -0.478 e. The Hall–Kier alpha value is -3.63. The SMILES string of the molecule is CC[C@@H](Oc1ccc(C(=O)C(C)C)cc1F)c1nc(-c2ccc(C(=O)NC(CO)CO)cc2)no1. The number of nitrogens with one attached hydrogen (secondary N) is 1. The van der Waals surface area contributed by atoms with Crippen LogP contribution in [0, 0.1) is 11.7 Å². The van der Waals surface area contributed by atoms with Crippen molar-refractivity contribution in [2.75, 3.05) is 13.2 Å². The zero-order valence-electron chi connectivity index (χ0n) is 19.7. The van der Waals surface area contributed by atoms with Gasteiger partial charge >= 0.3 is 0 Å². The Morgan fingerprint density at radius 2 is 1.74 bits per heavy atom. The van der Waals surface area contributed by atoms with Gasteiger partial charge in [0.25, 0.3) is 11.8 Å². The normalized spacial score (nSPS) is 12.1. The fraction of sp³-hybridized carbons (Fsp3) is 0.360. The molecule has 0 aliphatic carbocycles. The number of amides is 1. The summed E-state index contributed by atoms with van der Waals surface area (Å²) in [6, 6.07) is 9.70. The topological polar surface area (TPSA) is 135 Å². The van der Waals surface area contributed by atoms with Crippen LogP contribution in [0.3, 0.4) is 0 Å². The molecule has 2 aromatic carbocycles. The Kier molecular flexibility index (Phi) is 8.67. The number of benzene rings is 2. The van der Waals surface area contributed by atoms with E-state index < -0.39 is 23.9 Å². The smallest absolute Gasteiger partial charge is 0.268 e. The molecule has 0 aliphatic rings. The van der Waals surface area contributed by atoms with Crippen LogP contribution < -0.4 is 10.1 Å². The van der Waals surface area contributed by atoms with E-state index in [0.717, 1.165) is 6.07 Å². The number of carbonyl (C=O) groups excluding carboxylic acids is 2. The Balaban J connectivity index is 1.72. The van der Waals surface area contributed by atoms with E-state index in [1.165, 1.54) is 12.1 Å². The Labute approximate surface area is 201 Å². The fourth-order valence-electron chi connectivity index (χ4n) is 3.22. The predicted octanol–water partition coefficient (Wildman–Crippen LogP) is 3.33. The largest absolute Gasteiger partial charge is 0.478 e. The number of aliphatic hydroxyl groups excluding tert-OH is 2. The number of halogens is 1. The second-order valence-electron chi connectivity index (χ2n) is 8.25. The molecule has 9 nitrogen and oxygen atoms in total. The molecule has 0 bridgehead atoms. The number of aliphatic hydroxyl groups is 2. The van der Waals surface area contributed by atoms with Gasteiger partial charge < -0.3 is 24.8 Å². The van der Waals surface area contributed by atoms with E-state index in [1.54, 1.807) is 38.1 Å². The number of hydrogen-bond acceptors (Lipinski definition) is 8. The van der Waals surface area contributed by atoms with E-state index in [4.69, 9.17) is 19.5 Å². The van der Waals surface area contributed by atoms with Gasteiger partial charge in [0.1, 0.15) is 0 Å². The van der Waals surface area contributed by atoms with Crippen molar-refractivity contribution in [3.8, 4) is 17.1 Å². The van der Waals surface area contributed by atoms with Crippen LogP contribution in [0.4, 0.5) is 4.39 Å². The van der Waals surface area contributed by atoms with Gasteiger partial charge in [-0.1, -0.05) is 38.1 Å². The summed E-state index contributed by atoms with van der Waals surface area (Å²) < 4.78 is 25.7. The highest BCUT2D eigenvalue weighted by molar-refractivity contribution is 5.97. The lowest BCUT2D eigenvalue weighted by molar-refractivity contribution is 0.0879. The quantitative estimate of drug-likeness (QED) is 0.352. The molecule has 0 radical (unpaired) electrons. The highest BCUT2D eigenvalue weighted by Crippen LogP contribution is 2.28. The van der Waals surface area contributed by atoms with Crippen LogP contribution in [0.25, 0.3) is 11.4 Å². The second-order valence-corrected chi connectivity index (χ2v) is 8.25. The molecular formula is C25H28FN3O6. The van der Waals surface area contributed by atoms with E-state index >= 15 is 0 Å². The molecule has 0 spiro atoms. The zero-order chi connectivity index (χ0) is 25.5. The molecule has 1 amide bonds. The number of Topliss-reactive ketones (excluding diaryl/α,β-unsaturated/α-hetero) is 1. The van der Waals surface area contributed by atoms with E-state index in [1.807, 2.05) is 6.92 Å². The molecular weight excluding hydrogens is 457 g/mol. The summed E-state index contributed by atoms with van der Waals surface area (Å²) in [5.41, 5.74) is 1.18. The van der Waals surface area contributed by atoms with Gasteiger partial charge in [-0.15, -0.1) is 0 Å². The van der Waals surface area contributed by atoms with E-state index in [9.17, 15) is 14.0 Å². The van der Waals surface area contributed by atoms with Crippen LogP contribution in [-0.2, 0) is 0 Å². The van der Waals surface area contributed by atoms with Crippen molar-refractivity contribution in [2.45, 2.75) is 39.3 Å². The summed E-state index contributed by atoms with van der Waals surface area (Å²) in [4.78, 5) is 28.6. The number of ketones is 1. The van der Waals surface area contributed by atoms with Crippen molar-refractivity contribution in [3.63, 3.8) is 0 Å². The van der Waals surface area contributed by atoms with Gasteiger partial charge in [-0.2, -0.15) is 4.98 Å². The zero-order valence-corrected chi connectivity index (χ0v) is 19.7. The maximum absolute atomic E-state index is 14.6. The van der Waals surface area contributed by atoms with Crippen LogP contribution >= 0.6 is 0 Å². The summed E-state index contributed by atoms with van der Waals surface area (Å²) in [7, 11) is 0. The molecule has 1 atom stereocenters. The van der Waals surface area contributed by atoms with Crippen LogP contribution in [0.15, 0.2) is 47.0 Å². The second kappa shape index (κ2) is 11.7. The molecule has 0 saturated carbocycles. The average Bonchev–Trinajstić information content (AvgIpc) is 3.36. The number of aromatic nitrogens is 2. The van der Waals surface area contributed by atoms with Gasteiger partial charge in [0.15, 0.2) is 23.5 Å². The Morgan fingerprint density at radius 1 is 1.09 bits per heavy atom. The van der Waals surface area contributed by atoms with Gasteiger partial charge in [-0.05, 0) is 36.8 Å². The first kappa shape index (κ1) is 26.0. The maximum Gasteiger partial charge on any atom is 0.268 e. The summed E-state index contributed by atoms with van der Waals surface area (Å²) in [6.07, 6.45) is -0.291. The van der Waals surface area contributed by atoms with Crippen LogP contribution in [-0.4, -0.2) is 51.3 Å². The Morgan fingerprint density at radius 3 is 2.31 bits per heavy atom. The van der Waals surface area contributed by atoms with Crippen molar-refractivity contribution in [2.24, 2.45) is 5.92 Å². The van der Waals surface area contributed by atoms with E-state index in [-0.39, 0.29) is 47.9 Å². The van der Waals surface area contributed by atoms with Gasteiger partial charge in [0.05, 0.1) is 19.3 Å². The molecule has 186 valence electrons. The maximum atomic E-state index is 14.6. The van der Waals surface area contributed by atoms with Crippen molar-refractivity contribution in [1.82, 2.24) is 15.5 Å². The lowest BCUT2D eigenvalue weighted by Gasteiger charge is -2.15. The van der Waals surface area contributed by atoms with E-state index in [2.05, 4.69) is 15.5 Å². The number of nitrogens with zero attached hydrogens (tertiary/aromatic N) is 2. The standard InChI is InChI=1S/C25H28FN3O6/c1-4-20(34-21-10-9-17(11-19(21)26)22(32)14(2)3)25-28-23(29-35-25)15-5-7-16(8-6-15)24(33)27-18(12-30)13-31/h5-11,14,18,20,30-31H,4,12-13H2,1-3H3,(H,27,33)/t20-/m1/s1. The minimum absolute atomic E-state index is 0.0312. The number of carbonyl (C=O) groups is 2. The highest BCUT2D eigenvalue weighted by Gasteiger charge is 2.22. The molecule has 1 heterocycles. The third-order valence-electron chi connectivity index (χ3n) is 5.28. The Bertz CT molecular complexity index is 1160. The van der Waals surface area contributed by atoms with Crippen LogP contribution in [0.5, 0.6) is 5.75 Å². The monoisotopic (exact) mass is 485 g/mol. The summed E-state index contributed by atoms with van der Waals surface area (Å²) in [5.74, 6) is -1.13. The van der Waals surface area contributed by atoms with Gasteiger partial charge in [0.2, 0.25) is 5.82 Å². The first-order chi connectivity index (χ1) is 16.8. The van der Waals surface area contributed by atoms with Crippen molar-refractivity contribution in [1.29, 1.82) is 0 Å². The summed E-state index contributed by atoms with van der Waals surface area (Å²) in [5, 5.41) is 24.7. The molecule has 0 fully saturated rings. The average molecular weight is 486 g/mol. The third-order valence-corrected chi connectivity index (χ3v) is 5.28. The first-order valence-corrected chi connectivity index (χ1v) is 11.2. The third kappa shape index (κ3) is 6.28. The first-order valence-electron chi connectivity index (χ1n) is 11.2. The molecule has 0 saturated heterocycles. The lowest BCUT2D eigenvalue weighted by Crippen LogP contribution is -2.40. The van der Waals surface area contributed by atoms with Gasteiger partial charge in [0, 0.05) is 22.6 Å². The summed E-state index contributed by atoms with van der Waals surface area (Å²) >= 11 is 0. The predicted molar refractivity (Wildman–Crippen MR) is 124 cm³/mol. The molecule has 3 aromatic rings. The number of hydrogen-bond donors (Lipinski definition) is 3. The summed E-state index contributed by atoms with van der Waals surface area (Å²) in [6.45, 7) is 4.56. The molecule has 3 N–H and O–H groups in total. The van der Waals surface area contributed by atoms with Gasteiger partial charge in [-0.25, -0.2) is 4.39 Å². The fourth-order valence-corrected chi connectivity index (χ4v) is 3.22. The molecule has 0 unspecified atom stereocenters. The molecule has 1 aromatic heterocycles. The molecule has 3 rings (SSSR count). The van der Waals surface area contributed by atoms with Crippen LogP contribution in [0.2, 0.25) is 0 Å². The van der Waals surface area contributed by atoms with Crippen molar-refractivity contribution >= 4 is 11.7 Å². The van der Waals surface area contributed by atoms with Crippen molar-refractivity contribution < 1.29 is 33.5 Å². The molecule has 10 heteroatoms. The van der Waals surface area contributed by atoms with Crippen molar-refractivity contribution in [3.05, 3.63) is 65.3 Å². The van der Waals surface area contributed by atoms with Crippen LogP contribution in [0.1, 0.15) is 59.9 Å². The molecule has 35 heavy (non-hydrogen) atoms.